The third-order valence-corrected chi connectivity index (χ3v) is 9.28. The lowest BCUT2D eigenvalue weighted by Gasteiger charge is -2.29. The zero-order valence-corrected chi connectivity index (χ0v) is 29.3. The molecule has 0 bridgehead atoms. The van der Waals surface area contributed by atoms with E-state index < -0.39 is 0 Å². The average Bonchev–Trinajstić information content (AvgIpc) is 3.37. The first-order valence-electron chi connectivity index (χ1n) is 16.5. The average molecular weight is 668 g/mol. The van der Waals surface area contributed by atoms with Crippen LogP contribution in [0.4, 0.5) is 16.4 Å². The monoisotopic (exact) mass is 667 g/mol. The van der Waals surface area contributed by atoms with Gasteiger partial charge in [-0.05, 0) is 75.8 Å². The second-order valence-electron chi connectivity index (χ2n) is 11.9. The molecule has 2 unspecified atom stereocenters. The molecule has 0 saturated heterocycles. The van der Waals surface area contributed by atoms with Crippen LogP contribution in [0.3, 0.4) is 0 Å². The summed E-state index contributed by atoms with van der Waals surface area (Å²) >= 11 is 1.18. The standard InChI is InChI=1S/C35H49N5O6S/c1-25(2)40(29-10-11-32(27(4)22-29)38-39-34-31(23-36)28(5)33(24-37)47-34)12-13-42-14-15-43-16-17-44-18-19-45-20-21-46-35(41)30-9-7-6-8-26(30)3/h10-11,22,25-26,30H,6-9,12-21H2,1-5H3. The Morgan fingerprint density at radius 3 is 2.11 bits per heavy atom. The van der Waals surface area contributed by atoms with Crippen molar-refractivity contribution >= 4 is 33.7 Å². The second kappa shape index (κ2) is 20.8. The van der Waals surface area contributed by atoms with Gasteiger partial charge in [0, 0.05) is 18.3 Å². The van der Waals surface area contributed by atoms with E-state index in [1.165, 1.54) is 17.8 Å². The van der Waals surface area contributed by atoms with Crippen molar-refractivity contribution in [2.24, 2.45) is 22.1 Å². The molecule has 1 aliphatic rings. The Bertz CT molecular complexity index is 1380. The number of hydrogen-bond donors (Lipinski definition) is 0. The molecule has 1 aromatic heterocycles. The molecule has 0 N–H and O–H groups in total. The number of anilines is 1. The van der Waals surface area contributed by atoms with E-state index >= 15 is 0 Å². The number of nitriles is 2. The van der Waals surface area contributed by atoms with Gasteiger partial charge in [-0.25, -0.2) is 0 Å². The molecular formula is C35H49N5O6S. The fourth-order valence-corrected chi connectivity index (χ4v) is 6.30. The van der Waals surface area contributed by atoms with Gasteiger partial charge in [-0.3, -0.25) is 4.79 Å². The van der Waals surface area contributed by atoms with Crippen LogP contribution in [-0.2, 0) is 28.5 Å². The van der Waals surface area contributed by atoms with Gasteiger partial charge in [0.2, 0.25) is 0 Å². The van der Waals surface area contributed by atoms with E-state index in [2.05, 4.69) is 54.1 Å². The number of aryl methyl sites for hydroxylation is 1. The van der Waals surface area contributed by atoms with Crippen molar-refractivity contribution in [2.75, 3.05) is 70.9 Å². The van der Waals surface area contributed by atoms with Crippen LogP contribution in [0.5, 0.6) is 0 Å². The second-order valence-corrected chi connectivity index (χ2v) is 12.9. The van der Waals surface area contributed by atoms with Gasteiger partial charge in [-0.1, -0.05) is 19.8 Å². The van der Waals surface area contributed by atoms with Crippen LogP contribution in [-0.4, -0.2) is 78.0 Å². The number of rotatable bonds is 20. The number of benzene rings is 1. The molecule has 0 radical (unpaired) electrons. The lowest BCUT2D eigenvalue weighted by molar-refractivity contribution is -0.153. The summed E-state index contributed by atoms with van der Waals surface area (Å²) in [7, 11) is 0. The van der Waals surface area contributed by atoms with E-state index in [1.54, 1.807) is 6.92 Å². The van der Waals surface area contributed by atoms with Crippen LogP contribution in [0.15, 0.2) is 28.4 Å². The number of nitrogens with zero attached hydrogens (tertiary/aromatic N) is 5. The maximum atomic E-state index is 12.2. The summed E-state index contributed by atoms with van der Waals surface area (Å²) in [6, 6.07) is 10.5. The van der Waals surface area contributed by atoms with Crippen molar-refractivity contribution in [1.29, 1.82) is 10.5 Å². The highest BCUT2D eigenvalue weighted by Gasteiger charge is 2.28. The van der Waals surface area contributed by atoms with E-state index in [4.69, 9.17) is 23.7 Å². The SMILES string of the molecule is Cc1cc(N(CCOCCOCCOCCOCCOC(=O)C2CCCCC2C)C(C)C)ccc1N=Nc1sc(C#N)c(C)c1C#N. The smallest absolute Gasteiger partial charge is 0.309 e. The first-order chi connectivity index (χ1) is 22.8. The van der Waals surface area contributed by atoms with E-state index in [9.17, 15) is 15.3 Å². The highest BCUT2D eigenvalue weighted by Crippen LogP contribution is 2.36. The zero-order valence-electron chi connectivity index (χ0n) is 28.5. The number of thiophene rings is 1. The quantitative estimate of drug-likeness (QED) is 0.0816. The predicted molar refractivity (Wildman–Crippen MR) is 182 cm³/mol. The Hall–Kier alpha value is -3.39. The van der Waals surface area contributed by atoms with Crippen LogP contribution in [0.1, 0.15) is 68.0 Å². The molecule has 0 amide bonds. The van der Waals surface area contributed by atoms with Crippen molar-refractivity contribution in [3.05, 3.63) is 39.8 Å². The lowest BCUT2D eigenvalue weighted by atomic mass is 9.80. The summed E-state index contributed by atoms with van der Waals surface area (Å²) in [6.07, 6.45) is 4.35. The first kappa shape index (κ1) is 38.1. The third-order valence-electron chi connectivity index (χ3n) is 8.20. The Kier molecular flexibility index (Phi) is 16.8. The van der Waals surface area contributed by atoms with Gasteiger partial charge < -0.3 is 28.6 Å². The summed E-state index contributed by atoms with van der Waals surface area (Å²) in [4.78, 5) is 14.9. The van der Waals surface area contributed by atoms with Gasteiger partial charge in [-0.2, -0.15) is 10.5 Å². The van der Waals surface area contributed by atoms with Gasteiger partial charge in [0.15, 0.2) is 5.00 Å². The Labute approximate surface area is 283 Å². The van der Waals surface area contributed by atoms with E-state index in [0.29, 0.717) is 85.5 Å². The predicted octanol–water partition coefficient (Wildman–Crippen LogP) is 7.17. The number of hydrogen-bond acceptors (Lipinski definition) is 12. The van der Waals surface area contributed by atoms with E-state index in [0.717, 1.165) is 37.1 Å². The van der Waals surface area contributed by atoms with Gasteiger partial charge in [-0.15, -0.1) is 21.6 Å². The summed E-state index contributed by atoms with van der Waals surface area (Å²) in [5.74, 6) is 0.358. The maximum Gasteiger partial charge on any atom is 0.309 e. The molecule has 2 atom stereocenters. The molecule has 1 aromatic carbocycles. The number of carbonyl (C=O) groups excluding carboxylic acids is 1. The summed E-state index contributed by atoms with van der Waals surface area (Å²) < 4.78 is 27.8. The first-order valence-corrected chi connectivity index (χ1v) is 17.3. The Balaban J connectivity index is 1.25. The minimum atomic E-state index is -0.0870. The van der Waals surface area contributed by atoms with Crippen molar-refractivity contribution < 1.29 is 28.5 Å². The van der Waals surface area contributed by atoms with Crippen molar-refractivity contribution in [3.63, 3.8) is 0 Å². The van der Waals surface area contributed by atoms with Crippen molar-refractivity contribution in [3.8, 4) is 12.1 Å². The molecule has 11 nitrogen and oxygen atoms in total. The molecule has 2 aromatic rings. The molecule has 1 aliphatic carbocycles. The largest absolute Gasteiger partial charge is 0.463 e. The third kappa shape index (κ3) is 12.3. The number of carbonyl (C=O) groups is 1. The fourth-order valence-electron chi connectivity index (χ4n) is 5.42. The number of ether oxygens (including phenoxy) is 5. The maximum absolute atomic E-state index is 12.2. The van der Waals surface area contributed by atoms with Gasteiger partial charge in [0.05, 0.1) is 70.0 Å². The molecule has 3 rings (SSSR count). The summed E-state index contributed by atoms with van der Waals surface area (Å²) in [6.45, 7) is 14.9. The van der Waals surface area contributed by atoms with Crippen molar-refractivity contribution in [1.82, 2.24) is 0 Å². The molecule has 1 fully saturated rings. The van der Waals surface area contributed by atoms with Crippen LogP contribution in [0.2, 0.25) is 0 Å². The van der Waals surface area contributed by atoms with Gasteiger partial charge in [0.1, 0.15) is 23.6 Å². The Morgan fingerprint density at radius 1 is 0.915 bits per heavy atom. The van der Waals surface area contributed by atoms with Crippen LogP contribution in [0.25, 0.3) is 0 Å². The molecule has 0 aliphatic heterocycles. The molecule has 47 heavy (non-hydrogen) atoms. The zero-order chi connectivity index (χ0) is 34.0. The van der Waals surface area contributed by atoms with Crippen LogP contribution < -0.4 is 4.90 Å². The summed E-state index contributed by atoms with van der Waals surface area (Å²) in [5.41, 5.74) is 3.76. The molecule has 12 heteroatoms. The minimum Gasteiger partial charge on any atom is -0.463 e. The van der Waals surface area contributed by atoms with E-state index in [-0.39, 0.29) is 24.5 Å². The highest BCUT2D eigenvalue weighted by molar-refractivity contribution is 7.16. The molecule has 1 heterocycles. The van der Waals surface area contributed by atoms with Gasteiger partial charge in [0.25, 0.3) is 0 Å². The molecule has 1 saturated carbocycles. The van der Waals surface area contributed by atoms with Gasteiger partial charge >= 0.3 is 5.97 Å². The topological polar surface area (TPSA) is 139 Å². The minimum absolute atomic E-state index is 0.0375. The van der Waals surface area contributed by atoms with Crippen LogP contribution in [0, 0.1) is 48.3 Å². The van der Waals surface area contributed by atoms with E-state index in [1.807, 2.05) is 19.1 Å². The van der Waals surface area contributed by atoms with Crippen molar-refractivity contribution in [2.45, 2.75) is 66.3 Å². The highest BCUT2D eigenvalue weighted by atomic mass is 32.1. The Morgan fingerprint density at radius 2 is 1.53 bits per heavy atom. The number of azo groups is 1. The normalized spacial score (nSPS) is 16.3. The summed E-state index contributed by atoms with van der Waals surface area (Å²) in [5, 5.41) is 27.8. The molecular weight excluding hydrogens is 618 g/mol. The van der Waals surface area contributed by atoms with Crippen LogP contribution >= 0.6 is 11.3 Å². The molecule has 256 valence electrons. The number of esters is 1. The molecule has 0 spiro atoms. The lowest BCUT2D eigenvalue weighted by Crippen LogP contribution is -2.34. The fraction of sp³-hybridized carbons (Fsp3) is 0.629.